The van der Waals surface area contributed by atoms with Gasteiger partial charge in [0.1, 0.15) is 5.82 Å². The Morgan fingerprint density at radius 1 is 1.53 bits per heavy atom. The molecule has 0 radical (unpaired) electrons. The lowest BCUT2D eigenvalue weighted by Gasteiger charge is -2.30. The number of amides is 1. The molecule has 1 aliphatic heterocycles. The van der Waals surface area contributed by atoms with Crippen LogP contribution in [0, 0.1) is 11.7 Å². The summed E-state index contributed by atoms with van der Waals surface area (Å²) < 4.78 is 13.9. The second-order valence-electron chi connectivity index (χ2n) is 5.13. The zero-order valence-electron chi connectivity index (χ0n) is 10.7. The van der Waals surface area contributed by atoms with E-state index >= 15 is 0 Å². The van der Waals surface area contributed by atoms with Crippen LogP contribution in [-0.4, -0.2) is 28.9 Å². The molecular formula is C14H15FN2OS. The molecule has 3 nitrogen and oxygen atoms in total. The van der Waals surface area contributed by atoms with Crippen LogP contribution in [0.2, 0.25) is 0 Å². The Kier molecular flexibility index (Phi) is 3.22. The molecule has 1 fully saturated rings. The molecule has 0 aliphatic carbocycles. The lowest BCUT2D eigenvalue weighted by atomic mass is 10.0. The van der Waals surface area contributed by atoms with Gasteiger partial charge < -0.3 is 4.90 Å². The molecular weight excluding hydrogens is 263 g/mol. The SMILES string of the molecule is CC1CCCN(C(=O)c2nc3ccc(F)cc3s2)C1. The summed E-state index contributed by atoms with van der Waals surface area (Å²) >= 11 is 1.27. The molecule has 0 saturated carbocycles. The summed E-state index contributed by atoms with van der Waals surface area (Å²) in [6.45, 7) is 3.75. The van der Waals surface area contributed by atoms with Crippen LogP contribution in [0.4, 0.5) is 4.39 Å². The molecule has 19 heavy (non-hydrogen) atoms. The number of benzene rings is 1. The number of hydrogen-bond acceptors (Lipinski definition) is 3. The van der Waals surface area contributed by atoms with Gasteiger partial charge in [-0.1, -0.05) is 6.92 Å². The van der Waals surface area contributed by atoms with Crippen LogP contribution in [0.15, 0.2) is 18.2 Å². The molecule has 1 unspecified atom stereocenters. The average molecular weight is 278 g/mol. The number of aromatic nitrogens is 1. The first kappa shape index (κ1) is 12.5. The first-order valence-electron chi connectivity index (χ1n) is 6.49. The van der Waals surface area contributed by atoms with Crippen molar-refractivity contribution in [2.75, 3.05) is 13.1 Å². The van der Waals surface area contributed by atoms with Gasteiger partial charge in [-0.3, -0.25) is 4.79 Å². The van der Waals surface area contributed by atoms with Crippen LogP contribution in [0.25, 0.3) is 10.2 Å². The Bertz CT molecular complexity index is 625. The molecule has 100 valence electrons. The van der Waals surface area contributed by atoms with Crippen LogP contribution >= 0.6 is 11.3 Å². The Balaban J connectivity index is 1.88. The summed E-state index contributed by atoms with van der Waals surface area (Å²) in [5.74, 6) is 0.236. The van der Waals surface area contributed by atoms with Crippen molar-refractivity contribution in [1.29, 1.82) is 0 Å². The number of likely N-dealkylation sites (tertiary alicyclic amines) is 1. The van der Waals surface area contributed by atoms with E-state index in [0.29, 0.717) is 16.4 Å². The Hall–Kier alpha value is -1.49. The fourth-order valence-electron chi connectivity index (χ4n) is 2.50. The standard InChI is InChI=1S/C14H15FN2OS/c1-9-3-2-6-17(8-9)14(18)13-16-11-5-4-10(15)7-12(11)19-13/h4-5,7,9H,2-3,6,8H2,1H3. The summed E-state index contributed by atoms with van der Waals surface area (Å²) in [6, 6.07) is 4.43. The minimum atomic E-state index is -0.290. The minimum absolute atomic E-state index is 0.0202. The van der Waals surface area contributed by atoms with Gasteiger partial charge in [0.25, 0.3) is 5.91 Å². The Labute approximate surface area is 115 Å². The zero-order valence-corrected chi connectivity index (χ0v) is 11.5. The van der Waals surface area contributed by atoms with Crippen molar-refractivity contribution in [2.24, 2.45) is 5.92 Å². The number of halogens is 1. The van der Waals surface area contributed by atoms with Crippen molar-refractivity contribution < 1.29 is 9.18 Å². The van der Waals surface area contributed by atoms with Crippen molar-refractivity contribution in [3.05, 3.63) is 29.0 Å². The third kappa shape index (κ3) is 2.47. The van der Waals surface area contributed by atoms with E-state index in [9.17, 15) is 9.18 Å². The normalized spacial score (nSPS) is 19.9. The highest BCUT2D eigenvalue weighted by Crippen LogP contribution is 2.25. The number of carbonyl (C=O) groups is 1. The number of rotatable bonds is 1. The maximum Gasteiger partial charge on any atom is 0.282 e. The molecule has 1 aliphatic rings. The van der Waals surface area contributed by atoms with Gasteiger partial charge in [-0.05, 0) is 37.0 Å². The first-order valence-corrected chi connectivity index (χ1v) is 7.30. The third-order valence-electron chi connectivity index (χ3n) is 3.48. The monoisotopic (exact) mass is 278 g/mol. The molecule has 0 spiro atoms. The lowest BCUT2D eigenvalue weighted by Crippen LogP contribution is -2.39. The van der Waals surface area contributed by atoms with Crippen molar-refractivity contribution in [3.63, 3.8) is 0 Å². The van der Waals surface area contributed by atoms with Crippen molar-refractivity contribution in [3.8, 4) is 0 Å². The van der Waals surface area contributed by atoms with E-state index in [-0.39, 0.29) is 11.7 Å². The van der Waals surface area contributed by atoms with E-state index in [1.807, 2.05) is 4.90 Å². The van der Waals surface area contributed by atoms with Crippen molar-refractivity contribution in [1.82, 2.24) is 9.88 Å². The van der Waals surface area contributed by atoms with E-state index in [1.165, 1.54) is 29.9 Å². The van der Waals surface area contributed by atoms with Crippen LogP contribution in [0.5, 0.6) is 0 Å². The fraction of sp³-hybridized carbons (Fsp3) is 0.429. The van der Waals surface area contributed by atoms with E-state index in [2.05, 4.69) is 11.9 Å². The summed E-state index contributed by atoms with van der Waals surface area (Å²) in [6.07, 6.45) is 2.22. The summed E-state index contributed by atoms with van der Waals surface area (Å²) in [4.78, 5) is 18.6. The number of hydrogen-bond donors (Lipinski definition) is 0. The van der Waals surface area contributed by atoms with Gasteiger partial charge >= 0.3 is 0 Å². The zero-order chi connectivity index (χ0) is 13.4. The quantitative estimate of drug-likeness (QED) is 0.802. The number of nitrogens with zero attached hydrogens (tertiary/aromatic N) is 2. The second-order valence-corrected chi connectivity index (χ2v) is 6.16. The lowest BCUT2D eigenvalue weighted by molar-refractivity contribution is 0.0683. The molecule has 1 aromatic carbocycles. The topological polar surface area (TPSA) is 33.2 Å². The third-order valence-corrected chi connectivity index (χ3v) is 4.48. The van der Waals surface area contributed by atoms with Gasteiger partial charge in [-0.15, -0.1) is 11.3 Å². The van der Waals surface area contributed by atoms with Gasteiger partial charge in [-0.25, -0.2) is 9.37 Å². The largest absolute Gasteiger partial charge is 0.336 e. The highest BCUT2D eigenvalue weighted by atomic mass is 32.1. The van der Waals surface area contributed by atoms with E-state index in [0.717, 1.165) is 24.2 Å². The van der Waals surface area contributed by atoms with Crippen LogP contribution in [0.3, 0.4) is 0 Å². The van der Waals surface area contributed by atoms with E-state index < -0.39 is 0 Å². The molecule has 1 atom stereocenters. The maximum atomic E-state index is 13.1. The maximum absolute atomic E-state index is 13.1. The molecule has 2 aromatic rings. The Morgan fingerprint density at radius 2 is 2.37 bits per heavy atom. The number of carbonyl (C=O) groups excluding carboxylic acids is 1. The smallest absolute Gasteiger partial charge is 0.282 e. The summed E-state index contributed by atoms with van der Waals surface area (Å²) in [5.41, 5.74) is 0.694. The highest BCUT2D eigenvalue weighted by Gasteiger charge is 2.24. The van der Waals surface area contributed by atoms with E-state index in [1.54, 1.807) is 6.07 Å². The molecule has 1 amide bonds. The Morgan fingerprint density at radius 3 is 3.16 bits per heavy atom. The summed E-state index contributed by atoms with van der Waals surface area (Å²) in [5, 5.41) is 0.467. The van der Waals surface area contributed by atoms with Gasteiger partial charge in [0.05, 0.1) is 10.2 Å². The van der Waals surface area contributed by atoms with Crippen LogP contribution in [0.1, 0.15) is 29.6 Å². The van der Waals surface area contributed by atoms with E-state index in [4.69, 9.17) is 0 Å². The van der Waals surface area contributed by atoms with Gasteiger partial charge in [0.2, 0.25) is 0 Å². The molecule has 1 aromatic heterocycles. The first-order chi connectivity index (χ1) is 9.13. The molecule has 2 heterocycles. The number of fused-ring (bicyclic) bond motifs is 1. The molecule has 3 rings (SSSR count). The van der Waals surface area contributed by atoms with Gasteiger partial charge in [-0.2, -0.15) is 0 Å². The molecule has 1 saturated heterocycles. The van der Waals surface area contributed by atoms with Crippen molar-refractivity contribution in [2.45, 2.75) is 19.8 Å². The minimum Gasteiger partial charge on any atom is -0.336 e. The number of thiazole rings is 1. The molecule has 5 heteroatoms. The summed E-state index contributed by atoms with van der Waals surface area (Å²) in [7, 11) is 0. The van der Waals surface area contributed by atoms with Crippen LogP contribution < -0.4 is 0 Å². The van der Waals surface area contributed by atoms with Crippen LogP contribution in [-0.2, 0) is 0 Å². The fourth-order valence-corrected chi connectivity index (χ4v) is 3.46. The molecule has 0 bridgehead atoms. The molecule has 0 N–H and O–H groups in total. The van der Waals surface area contributed by atoms with Gasteiger partial charge in [0.15, 0.2) is 5.01 Å². The van der Waals surface area contributed by atoms with Crippen molar-refractivity contribution >= 4 is 27.5 Å². The van der Waals surface area contributed by atoms with Gasteiger partial charge in [0, 0.05) is 13.1 Å². The average Bonchev–Trinajstić information content (AvgIpc) is 2.80. The number of piperidine rings is 1. The predicted molar refractivity (Wildman–Crippen MR) is 73.9 cm³/mol. The highest BCUT2D eigenvalue weighted by molar-refractivity contribution is 7.20. The predicted octanol–water partition coefficient (Wildman–Crippen LogP) is 3.31. The second kappa shape index (κ2) is 4.89.